The zero-order valence-electron chi connectivity index (χ0n) is 13.2. The van der Waals surface area contributed by atoms with Crippen molar-refractivity contribution in [2.24, 2.45) is 0 Å². The van der Waals surface area contributed by atoms with Crippen LogP contribution in [0.2, 0.25) is 0 Å². The molecule has 1 aliphatic heterocycles. The fraction of sp³-hybridized carbons (Fsp3) is 0.353. The van der Waals surface area contributed by atoms with Crippen LogP contribution in [0, 0.1) is 0 Å². The molecular weight excluding hydrogens is 292 g/mol. The molecule has 3 rings (SSSR count). The van der Waals surface area contributed by atoms with Gasteiger partial charge in [-0.2, -0.15) is 0 Å². The maximum Gasteiger partial charge on any atom is 0.246 e. The van der Waals surface area contributed by atoms with Crippen LogP contribution >= 0.6 is 0 Å². The zero-order chi connectivity index (χ0) is 16.2. The zero-order valence-corrected chi connectivity index (χ0v) is 13.2. The Kier molecular flexibility index (Phi) is 4.41. The normalized spacial score (nSPS) is 15.1. The van der Waals surface area contributed by atoms with Gasteiger partial charge in [-0.25, -0.2) is 4.98 Å². The topological polar surface area (TPSA) is 58.4 Å². The summed E-state index contributed by atoms with van der Waals surface area (Å²) in [5.41, 5.74) is 0.882. The maximum absolute atomic E-state index is 12.4. The van der Waals surface area contributed by atoms with Crippen molar-refractivity contribution in [3.05, 3.63) is 48.5 Å². The van der Waals surface area contributed by atoms with E-state index in [2.05, 4.69) is 4.98 Å². The third-order valence-corrected chi connectivity index (χ3v) is 4.06. The molecule has 1 aliphatic rings. The lowest BCUT2D eigenvalue weighted by Crippen LogP contribution is -2.53. The van der Waals surface area contributed by atoms with Gasteiger partial charge in [-0.1, -0.05) is 25.1 Å². The smallest absolute Gasteiger partial charge is 0.246 e. The number of carbonyl (C=O) groups excluding carboxylic acids is 2. The lowest BCUT2D eigenvalue weighted by molar-refractivity contribution is -0.137. The van der Waals surface area contributed by atoms with Gasteiger partial charge >= 0.3 is 0 Å². The first kappa shape index (κ1) is 15.3. The van der Waals surface area contributed by atoms with E-state index in [9.17, 15) is 9.59 Å². The van der Waals surface area contributed by atoms with Gasteiger partial charge in [-0.05, 0) is 12.1 Å². The fourth-order valence-corrected chi connectivity index (χ4v) is 2.81. The van der Waals surface area contributed by atoms with Crippen molar-refractivity contribution in [2.75, 3.05) is 24.5 Å². The van der Waals surface area contributed by atoms with Gasteiger partial charge in [0.2, 0.25) is 11.8 Å². The van der Waals surface area contributed by atoms with Crippen LogP contribution in [0.15, 0.2) is 42.7 Å². The van der Waals surface area contributed by atoms with E-state index in [4.69, 9.17) is 0 Å². The molecule has 0 unspecified atom stereocenters. The highest BCUT2D eigenvalue weighted by Gasteiger charge is 2.28. The number of imidazole rings is 1. The number of benzene rings is 1. The van der Waals surface area contributed by atoms with Crippen LogP contribution in [-0.2, 0) is 22.6 Å². The lowest BCUT2D eigenvalue weighted by atomic mass is 10.2. The van der Waals surface area contributed by atoms with Gasteiger partial charge in [0.25, 0.3) is 0 Å². The Hall–Kier alpha value is -2.63. The molecule has 0 atom stereocenters. The number of nitrogens with zero attached hydrogens (tertiary/aromatic N) is 4. The monoisotopic (exact) mass is 312 g/mol. The third kappa shape index (κ3) is 3.26. The number of aromatic nitrogens is 2. The summed E-state index contributed by atoms with van der Waals surface area (Å²) in [6.07, 6.45) is 4.28. The first-order valence-electron chi connectivity index (χ1n) is 7.82. The van der Waals surface area contributed by atoms with Crippen LogP contribution in [0.1, 0.15) is 12.7 Å². The molecule has 2 heterocycles. The fourth-order valence-electron chi connectivity index (χ4n) is 2.81. The van der Waals surface area contributed by atoms with Crippen molar-refractivity contribution < 1.29 is 9.59 Å². The number of rotatable bonds is 4. The molecule has 6 nitrogen and oxygen atoms in total. The number of para-hydroxylation sites is 1. The molecule has 1 aromatic heterocycles. The molecule has 0 bridgehead atoms. The highest BCUT2D eigenvalue weighted by molar-refractivity contribution is 5.97. The molecule has 6 heteroatoms. The Morgan fingerprint density at radius 1 is 1.22 bits per heavy atom. The summed E-state index contributed by atoms with van der Waals surface area (Å²) >= 11 is 0. The van der Waals surface area contributed by atoms with Crippen LogP contribution in [0.25, 0.3) is 0 Å². The van der Waals surface area contributed by atoms with E-state index in [0.717, 1.165) is 17.9 Å². The first-order valence-corrected chi connectivity index (χ1v) is 7.82. The van der Waals surface area contributed by atoms with Gasteiger partial charge in [0.1, 0.15) is 18.9 Å². The standard InChI is InChI=1S/C17H20N4O2/c1-2-15-18-8-9-19(15)12-16(22)20-10-11-21(17(23)13-20)14-6-4-3-5-7-14/h3-9H,2,10-13H2,1H3. The Labute approximate surface area is 135 Å². The highest BCUT2D eigenvalue weighted by Crippen LogP contribution is 2.16. The van der Waals surface area contributed by atoms with Crippen LogP contribution < -0.4 is 4.90 Å². The van der Waals surface area contributed by atoms with E-state index in [-0.39, 0.29) is 24.9 Å². The van der Waals surface area contributed by atoms with Gasteiger partial charge in [-0.15, -0.1) is 0 Å². The molecule has 2 amide bonds. The van der Waals surface area contributed by atoms with E-state index in [1.165, 1.54) is 0 Å². The van der Waals surface area contributed by atoms with Gasteiger partial charge in [-0.3, -0.25) is 9.59 Å². The van der Waals surface area contributed by atoms with E-state index in [1.807, 2.05) is 41.8 Å². The molecule has 120 valence electrons. The Morgan fingerprint density at radius 3 is 2.70 bits per heavy atom. The molecule has 1 aromatic carbocycles. The Morgan fingerprint density at radius 2 is 2.00 bits per heavy atom. The van der Waals surface area contributed by atoms with Gasteiger partial charge in [0.15, 0.2) is 0 Å². The van der Waals surface area contributed by atoms with Crippen LogP contribution in [0.3, 0.4) is 0 Å². The lowest BCUT2D eigenvalue weighted by Gasteiger charge is -2.34. The molecule has 0 aliphatic carbocycles. The average molecular weight is 312 g/mol. The van der Waals surface area contributed by atoms with Crippen molar-refractivity contribution in [3.8, 4) is 0 Å². The number of piperazine rings is 1. The number of amides is 2. The van der Waals surface area contributed by atoms with Crippen LogP contribution in [0.5, 0.6) is 0 Å². The Bertz CT molecular complexity index is 696. The number of hydrogen-bond acceptors (Lipinski definition) is 3. The number of hydrogen-bond donors (Lipinski definition) is 0. The van der Waals surface area contributed by atoms with Crippen LogP contribution in [-0.4, -0.2) is 45.9 Å². The number of carbonyl (C=O) groups is 2. The summed E-state index contributed by atoms with van der Waals surface area (Å²) in [6.45, 7) is 3.45. The van der Waals surface area contributed by atoms with Gasteiger partial charge in [0, 0.05) is 37.6 Å². The van der Waals surface area contributed by atoms with E-state index < -0.39 is 0 Å². The molecule has 23 heavy (non-hydrogen) atoms. The molecule has 0 N–H and O–H groups in total. The van der Waals surface area contributed by atoms with Crippen molar-refractivity contribution in [1.82, 2.24) is 14.5 Å². The van der Waals surface area contributed by atoms with Crippen molar-refractivity contribution >= 4 is 17.5 Å². The molecule has 2 aromatic rings. The van der Waals surface area contributed by atoms with Gasteiger partial charge in [0.05, 0.1) is 0 Å². The van der Waals surface area contributed by atoms with Crippen molar-refractivity contribution in [1.29, 1.82) is 0 Å². The highest BCUT2D eigenvalue weighted by atomic mass is 16.2. The molecule has 1 saturated heterocycles. The van der Waals surface area contributed by atoms with Gasteiger partial charge < -0.3 is 14.4 Å². The minimum atomic E-state index is -0.0443. The minimum Gasteiger partial charge on any atom is -0.330 e. The summed E-state index contributed by atoms with van der Waals surface area (Å²) in [6, 6.07) is 9.56. The van der Waals surface area contributed by atoms with Crippen molar-refractivity contribution in [2.45, 2.75) is 19.9 Å². The summed E-state index contributed by atoms with van der Waals surface area (Å²) < 4.78 is 1.84. The predicted octanol–water partition coefficient (Wildman–Crippen LogP) is 1.32. The second kappa shape index (κ2) is 6.64. The van der Waals surface area contributed by atoms with Crippen LogP contribution in [0.4, 0.5) is 5.69 Å². The first-order chi connectivity index (χ1) is 11.2. The van der Waals surface area contributed by atoms with E-state index >= 15 is 0 Å². The largest absolute Gasteiger partial charge is 0.330 e. The average Bonchev–Trinajstić information content (AvgIpc) is 3.02. The molecule has 0 saturated carbocycles. The second-order valence-electron chi connectivity index (χ2n) is 5.52. The predicted molar refractivity (Wildman–Crippen MR) is 87.0 cm³/mol. The quantitative estimate of drug-likeness (QED) is 0.855. The van der Waals surface area contributed by atoms with E-state index in [1.54, 1.807) is 22.2 Å². The molecule has 0 spiro atoms. The number of aryl methyl sites for hydroxylation is 1. The van der Waals surface area contributed by atoms with Crippen molar-refractivity contribution in [3.63, 3.8) is 0 Å². The number of anilines is 1. The summed E-state index contributed by atoms with van der Waals surface area (Å²) in [5.74, 6) is 0.795. The molecular formula is C17H20N4O2. The second-order valence-corrected chi connectivity index (χ2v) is 5.52. The maximum atomic E-state index is 12.4. The minimum absolute atomic E-state index is 0.0428. The summed E-state index contributed by atoms with van der Waals surface area (Å²) in [4.78, 5) is 32.4. The third-order valence-electron chi connectivity index (χ3n) is 4.06. The SMILES string of the molecule is CCc1nccn1CC(=O)N1CCN(c2ccccc2)C(=O)C1. The molecule has 0 radical (unpaired) electrons. The molecule has 1 fully saturated rings. The summed E-state index contributed by atoms with van der Waals surface area (Å²) in [7, 11) is 0. The Balaban J connectivity index is 1.63. The summed E-state index contributed by atoms with van der Waals surface area (Å²) in [5, 5.41) is 0. The van der Waals surface area contributed by atoms with E-state index in [0.29, 0.717) is 13.1 Å².